The number of benzene rings is 1. The summed E-state index contributed by atoms with van der Waals surface area (Å²) in [4.78, 5) is 12.4. The molecule has 1 fully saturated rings. The summed E-state index contributed by atoms with van der Waals surface area (Å²) < 4.78 is 6.28. The highest BCUT2D eigenvalue weighted by molar-refractivity contribution is 9.10. The molecule has 0 atom stereocenters. The normalized spacial score (nSPS) is 18.1. The Morgan fingerprint density at radius 1 is 1.47 bits per heavy atom. The highest BCUT2D eigenvalue weighted by Gasteiger charge is 2.33. The molecule has 1 saturated heterocycles. The topological polar surface area (TPSA) is 38.3 Å². The number of hydrogen-bond acceptors (Lipinski definition) is 2. The first-order chi connectivity index (χ1) is 9.08. The summed E-state index contributed by atoms with van der Waals surface area (Å²) >= 11 is 9.50. The van der Waals surface area contributed by atoms with Crippen molar-refractivity contribution in [2.75, 3.05) is 19.1 Å². The molecule has 1 heterocycles. The van der Waals surface area contributed by atoms with Crippen LogP contribution in [0.15, 0.2) is 22.7 Å². The van der Waals surface area contributed by atoms with Crippen molar-refractivity contribution in [3.05, 3.63) is 33.8 Å². The minimum absolute atomic E-state index is 0.0682. The fraction of sp³-hybridized carbons (Fsp3) is 0.500. The van der Waals surface area contributed by atoms with Gasteiger partial charge in [-0.15, -0.1) is 11.6 Å². The lowest BCUT2D eigenvalue weighted by molar-refractivity contribution is 0.0433. The Bertz CT molecular complexity index is 473. The summed E-state index contributed by atoms with van der Waals surface area (Å²) in [5.74, 6) is 0.344. The van der Waals surface area contributed by atoms with Gasteiger partial charge in [0, 0.05) is 29.1 Å². The second-order valence-electron chi connectivity index (χ2n) is 4.89. The van der Waals surface area contributed by atoms with E-state index in [0.29, 0.717) is 24.7 Å². The zero-order chi connectivity index (χ0) is 13.9. The molecule has 0 spiro atoms. The maximum absolute atomic E-state index is 12.4. The van der Waals surface area contributed by atoms with Gasteiger partial charge in [0.15, 0.2) is 0 Å². The smallest absolute Gasteiger partial charge is 0.252 e. The largest absolute Gasteiger partial charge is 0.381 e. The van der Waals surface area contributed by atoms with Crippen molar-refractivity contribution >= 4 is 33.4 Å². The van der Waals surface area contributed by atoms with E-state index in [4.69, 9.17) is 16.3 Å². The van der Waals surface area contributed by atoms with Gasteiger partial charge >= 0.3 is 0 Å². The average Bonchev–Trinajstić information content (AvgIpc) is 2.42. The van der Waals surface area contributed by atoms with Gasteiger partial charge in [0.05, 0.1) is 5.54 Å². The fourth-order valence-corrected chi connectivity index (χ4v) is 2.92. The minimum Gasteiger partial charge on any atom is -0.381 e. The van der Waals surface area contributed by atoms with E-state index in [1.54, 1.807) is 0 Å². The van der Waals surface area contributed by atoms with Crippen LogP contribution in [0.1, 0.15) is 28.8 Å². The van der Waals surface area contributed by atoms with Crippen molar-refractivity contribution in [2.24, 2.45) is 0 Å². The van der Waals surface area contributed by atoms with Crippen LogP contribution < -0.4 is 5.32 Å². The SMILES string of the molecule is Cc1c(Br)cccc1C(=O)NC1(CCl)CCOCC1. The molecule has 1 amide bonds. The van der Waals surface area contributed by atoms with Crippen LogP contribution >= 0.6 is 27.5 Å². The lowest BCUT2D eigenvalue weighted by atomic mass is 9.91. The molecular formula is C14H17BrClNO2. The van der Waals surface area contributed by atoms with Gasteiger partial charge < -0.3 is 10.1 Å². The lowest BCUT2D eigenvalue weighted by Crippen LogP contribution is -2.53. The Kier molecular flexibility index (Phi) is 4.87. The van der Waals surface area contributed by atoms with Crippen LogP contribution in [0.2, 0.25) is 0 Å². The predicted octanol–water partition coefficient (Wildman–Crippen LogP) is 3.28. The summed E-state index contributed by atoms with van der Waals surface area (Å²) in [7, 11) is 0. The Morgan fingerprint density at radius 3 is 2.79 bits per heavy atom. The van der Waals surface area contributed by atoms with E-state index in [1.807, 2.05) is 25.1 Å². The highest BCUT2D eigenvalue weighted by Crippen LogP contribution is 2.24. The number of hydrogen-bond donors (Lipinski definition) is 1. The Labute approximate surface area is 126 Å². The van der Waals surface area contributed by atoms with E-state index in [1.165, 1.54) is 0 Å². The van der Waals surface area contributed by atoms with Crippen LogP contribution in [-0.4, -0.2) is 30.5 Å². The molecule has 1 aromatic rings. The summed E-state index contributed by atoms with van der Waals surface area (Å²) in [5.41, 5.74) is 1.29. The standard InChI is InChI=1S/C14H17BrClNO2/c1-10-11(3-2-4-12(10)15)13(18)17-14(9-16)5-7-19-8-6-14/h2-4H,5-9H2,1H3,(H,17,18). The molecule has 1 N–H and O–H groups in total. The zero-order valence-corrected chi connectivity index (χ0v) is 13.2. The van der Waals surface area contributed by atoms with Gasteiger partial charge in [-0.2, -0.15) is 0 Å². The summed E-state index contributed by atoms with van der Waals surface area (Å²) in [5, 5.41) is 3.09. The van der Waals surface area contributed by atoms with E-state index < -0.39 is 0 Å². The van der Waals surface area contributed by atoms with Gasteiger partial charge in [-0.25, -0.2) is 0 Å². The van der Waals surface area contributed by atoms with Crippen LogP contribution in [0.25, 0.3) is 0 Å². The van der Waals surface area contributed by atoms with E-state index in [2.05, 4.69) is 21.2 Å². The summed E-state index contributed by atoms with van der Waals surface area (Å²) in [6.45, 7) is 3.21. The van der Waals surface area contributed by atoms with Crippen molar-refractivity contribution in [3.63, 3.8) is 0 Å². The molecule has 0 radical (unpaired) electrons. The molecule has 5 heteroatoms. The molecule has 104 valence electrons. The first-order valence-electron chi connectivity index (χ1n) is 6.29. The van der Waals surface area contributed by atoms with Crippen LogP contribution in [0.5, 0.6) is 0 Å². The Morgan fingerprint density at radius 2 is 2.16 bits per heavy atom. The van der Waals surface area contributed by atoms with Gasteiger partial charge in [-0.05, 0) is 37.5 Å². The molecule has 3 nitrogen and oxygen atoms in total. The molecule has 0 bridgehead atoms. The molecule has 1 aromatic carbocycles. The number of carbonyl (C=O) groups excluding carboxylic acids is 1. The van der Waals surface area contributed by atoms with Crippen molar-refractivity contribution in [1.29, 1.82) is 0 Å². The number of rotatable bonds is 3. The van der Waals surface area contributed by atoms with Crippen molar-refractivity contribution in [3.8, 4) is 0 Å². The number of alkyl halides is 1. The van der Waals surface area contributed by atoms with E-state index in [9.17, 15) is 4.79 Å². The first kappa shape index (κ1) is 14.8. The molecular weight excluding hydrogens is 330 g/mol. The third kappa shape index (κ3) is 3.30. The van der Waals surface area contributed by atoms with Gasteiger partial charge in [0.2, 0.25) is 0 Å². The monoisotopic (exact) mass is 345 g/mol. The van der Waals surface area contributed by atoms with E-state index >= 15 is 0 Å². The van der Waals surface area contributed by atoms with Gasteiger partial charge in [0.25, 0.3) is 5.91 Å². The third-order valence-electron chi connectivity index (χ3n) is 3.60. The fourth-order valence-electron chi connectivity index (χ4n) is 2.22. The number of amides is 1. The number of nitrogens with one attached hydrogen (secondary N) is 1. The molecule has 0 aromatic heterocycles. The van der Waals surface area contributed by atoms with E-state index in [0.717, 1.165) is 22.9 Å². The quantitative estimate of drug-likeness (QED) is 0.853. The highest BCUT2D eigenvalue weighted by atomic mass is 79.9. The number of halogens is 2. The van der Waals surface area contributed by atoms with Gasteiger partial charge in [0.1, 0.15) is 0 Å². The summed E-state index contributed by atoms with van der Waals surface area (Å²) in [6, 6.07) is 5.62. The second kappa shape index (κ2) is 6.25. The van der Waals surface area contributed by atoms with Crippen LogP contribution in [0.4, 0.5) is 0 Å². The zero-order valence-electron chi connectivity index (χ0n) is 10.8. The molecule has 0 saturated carbocycles. The molecule has 19 heavy (non-hydrogen) atoms. The van der Waals surface area contributed by atoms with Crippen LogP contribution in [0.3, 0.4) is 0 Å². The average molecular weight is 347 g/mol. The minimum atomic E-state index is -0.342. The maximum atomic E-state index is 12.4. The van der Waals surface area contributed by atoms with Crippen LogP contribution in [0, 0.1) is 6.92 Å². The van der Waals surface area contributed by atoms with Gasteiger partial charge in [-0.1, -0.05) is 22.0 Å². The first-order valence-corrected chi connectivity index (χ1v) is 7.62. The van der Waals surface area contributed by atoms with Crippen molar-refractivity contribution < 1.29 is 9.53 Å². The molecule has 2 rings (SSSR count). The lowest BCUT2D eigenvalue weighted by Gasteiger charge is -2.36. The molecule has 0 unspecified atom stereocenters. The second-order valence-corrected chi connectivity index (χ2v) is 6.01. The molecule has 0 aliphatic carbocycles. The number of carbonyl (C=O) groups is 1. The molecule has 1 aliphatic heterocycles. The molecule has 1 aliphatic rings. The third-order valence-corrected chi connectivity index (χ3v) is 4.97. The Balaban J connectivity index is 2.17. The van der Waals surface area contributed by atoms with Crippen molar-refractivity contribution in [2.45, 2.75) is 25.3 Å². The number of ether oxygens (including phenoxy) is 1. The van der Waals surface area contributed by atoms with Gasteiger partial charge in [-0.3, -0.25) is 4.79 Å². The predicted molar refractivity (Wildman–Crippen MR) is 79.8 cm³/mol. The Hall–Kier alpha value is -0.580. The van der Waals surface area contributed by atoms with Crippen LogP contribution in [-0.2, 0) is 4.74 Å². The van der Waals surface area contributed by atoms with E-state index in [-0.39, 0.29) is 11.4 Å². The van der Waals surface area contributed by atoms with Crippen molar-refractivity contribution in [1.82, 2.24) is 5.32 Å². The maximum Gasteiger partial charge on any atom is 0.252 e. The summed E-state index contributed by atoms with van der Waals surface area (Å²) in [6.07, 6.45) is 1.52.